The van der Waals surface area contributed by atoms with Crippen molar-refractivity contribution in [2.45, 2.75) is 50.3 Å². The highest BCUT2D eigenvalue weighted by molar-refractivity contribution is 6.32. The Morgan fingerprint density at radius 3 is 2.42 bits per heavy atom. The van der Waals surface area contributed by atoms with E-state index in [1.54, 1.807) is 17.7 Å². The van der Waals surface area contributed by atoms with Crippen LogP contribution in [0.3, 0.4) is 0 Å². The lowest BCUT2D eigenvalue weighted by Gasteiger charge is -2.37. The van der Waals surface area contributed by atoms with Gasteiger partial charge in [0, 0.05) is 17.1 Å². The van der Waals surface area contributed by atoms with Gasteiger partial charge < -0.3 is 19.8 Å². The van der Waals surface area contributed by atoms with E-state index in [0.717, 1.165) is 48.8 Å². The number of nitrogens with zero attached hydrogens (tertiary/aromatic N) is 1. The molecule has 4 aromatic rings. The molecule has 0 bridgehead atoms. The Morgan fingerprint density at radius 1 is 1.00 bits per heavy atom. The van der Waals surface area contributed by atoms with Crippen LogP contribution < -0.4 is 20.8 Å². The van der Waals surface area contributed by atoms with Crippen LogP contribution in [-0.4, -0.2) is 23.3 Å². The summed E-state index contributed by atoms with van der Waals surface area (Å²) in [5.74, 6) is 1.41. The number of halogens is 1. The normalized spacial score (nSPS) is 19.8. The number of rotatable bonds is 7. The van der Waals surface area contributed by atoms with E-state index in [9.17, 15) is 4.79 Å². The van der Waals surface area contributed by atoms with Crippen LogP contribution in [0.25, 0.3) is 10.8 Å². The SMILES string of the molecule is COc1ccc(Cn2ccc3cc(OC4CCC(N)(Cc5ccccc5)CC4)c(Cl)cc3c2=O)cc1. The molecule has 0 unspecified atom stereocenters. The van der Waals surface area contributed by atoms with Crippen LogP contribution in [0, 0.1) is 0 Å². The third kappa shape index (κ3) is 5.43. The fourth-order valence-corrected chi connectivity index (χ4v) is 5.28. The summed E-state index contributed by atoms with van der Waals surface area (Å²) in [5.41, 5.74) is 8.73. The molecule has 0 amide bonds. The van der Waals surface area contributed by atoms with Crippen LogP contribution in [0.15, 0.2) is 83.8 Å². The molecule has 1 fully saturated rings. The average molecular weight is 503 g/mol. The van der Waals surface area contributed by atoms with Crippen molar-refractivity contribution in [3.8, 4) is 11.5 Å². The molecular weight excluding hydrogens is 472 g/mol. The minimum Gasteiger partial charge on any atom is -0.497 e. The van der Waals surface area contributed by atoms with Crippen LogP contribution >= 0.6 is 11.6 Å². The number of aromatic nitrogens is 1. The lowest BCUT2D eigenvalue weighted by Crippen LogP contribution is -2.47. The largest absolute Gasteiger partial charge is 0.497 e. The predicted molar refractivity (Wildman–Crippen MR) is 145 cm³/mol. The summed E-state index contributed by atoms with van der Waals surface area (Å²) in [5, 5.41) is 1.85. The van der Waals surface area contributed by atoms with Crippen LogP contribution in [0.4, 0.5) is 0 Å². The number of pyridine rings is 1. The van der Waals surface area contributed by atoms with Crippen LogP contribution in [0.1, 0.15) is 36.8 Å². The number of hydrogen-bond acceptors (Lipinski definition) is 4. The average Bonchev–Trinajstić information content (AvgIpc) is 2.89. The Balaban J connectivity index is 1.28. The second-order valence-corrected chi connectivity index (χ2v) is 10.2. The number of nitrogens with two attached hydrogens (primary N) is 1. The van der Waals surface area contributed by atoms with Crippen molar-refractivity contribution in [1.29, 1.82) is 0 Å². The maximum atomic E-state index is 13.2. The first-order valence-corrected chi connectivity index (χ1v) is 12.8. The van der Waals surface area contributed by atoms with Gasteiger partial charge in [0.05, 0.1) is 24.8 Å². The molecule has 36 heavy (non-hydrogen) atoms. The summed E-state index contributed by atoms with van der Waals surface area (Å²) < 4.78 is 13.2. The van der Waals surface area contributed by atoms with Gasteiger partial charge in [-0.3, -0.25) is 4.79 Å². The van der Waals surface area contributed by atoms with Crippen LogP contribution in [0.2, 0.25) is 5.02 Å². The zero-order valence-electron chi connectivity index (χ0n) is 20.5. The molecule has 3 aromatic carbocycles. The van der Waals surface area contributed by atoms with Gasteiger partial charge in [-0.2, -0.15) is 0 Å². The number of ether oxygens (including phenoxy) is 2. The van der Waals surface area contributed by atoms with Gasteiger partial charge in [-0.05, 0) is 78.9 Å². The van der Waals surface area contributed by atoms with Gasteiger partial charge in [0.1, 0.15) is 11.5 Å². The molecule has 5 nitrogen and oxygen atoms in total. The molecule has 1 aliphatic rings. The Kier molecular flexibility index (Phi) is 7.04. The van der Waals surface area contributed by atoms with Crippen molar-refractivity contribution < 1.29 is 9.47 Å². The minimum absolute atomic E-state index is 0.0582. The highest BCUT2D eigenvalue weighted by Crippen LogP contribution is 2.35. The summed E-state index contributed by atoms with van der Waals surface area (Å²) in [6, 6.07) is 23.7. The molecule has 0 aliphatic heterocycles. The Hall–Kier alpha value is -3.28. The van der Waals surface area contributed by atoms with E-state index in [0.29, 0.717) is 22.7 Å². The van der Waals surface area contributed by atoms with Crippen molar-refractivity contribution >= 4 is 22.4 Å². The van der Waals surface area contributed by atoms with Gasteiger partial charge in [-0.25, -0.2) is 0 Å². The molecule has 0 atom stereocenters. The molecule has 0 saturated heterocycles. The first kappa shape index (κ1) is 24.4. The van der Waals surface area contributed by atoms with E-state index in [2.05, 4.69) is 24.3 Å². The van der Waals surface area contributed by atoms with E-state index in [1.807, 2.05) is 48.7 Å². The number of benzene rings is 3. The summed E-state index contributed by atoms with van der Waals surface area (Å²) in [6.07, 6.45) is 6.30. The third-order valence-corrected chi connectivity index (χ3v) is 7.46. The van der Waals surface area contributed by atoms with E-state index in [4.69, 9.17) is 26.8 Å². The van der Waals surface area contributed by atoms with Gasteiger partial charge in [-0.1, -0.05) is 54.1 Å². The second-order valence-electron chi connectivity index (χ2n) is 9.81. The van der Waals surface area contributed by atoms with Gasteiger partial charge in [0.2, 0.25) is 0 Å². The lowest BCUT2D eigenvalue weighted by molar-refractivity contribution is 0.118. The maximum absolute atomic E-state index is 13.2. The van der Waals surface area contributed by atoms with Crippen molar-refractivity contribution in [1.82, 2.24) is 4.57 Å². The summed E-state index contributed by atoms with van der Waals surface area (Å²) >= 11 is 6.59. The fraction of sp³-hybridized carbons (Fsp3) is 0.300. The predicted octanol–water partition coefficient (Wildman–Crippen LogP) is 5.97. The van der Waals surface area contributed by atoms with Gasteiger partial charge in [-0.15, -0.1) is 0 Å². The number of fused-ring (bicyclic) bond motifs is 1. The van der Waals surface area contributed by atoms with Gasteiger partial charge in [0.15, 0.2) is 0 Å². The molecule has 186 valence electrons. The molecule has 5 rings (SSSR count). The van der Waals surface area contributed by atoms with Crippen molar-refractivity contribution in [3.05, 3.63) is 105 Å². The molecule has 2 N–H and O–H groups in total. The molecule has 0 spiro atoms. The molecule has 1 heterocycles. The van der Waals surface area contributed by atoms with E-state index in [-0.39, 0.29) is 17.2 Å². The van der Waals surface area contributed by atoms with Crippen LogP contribution in [0.5, 0.6) is 11.5 Å². The highest BCUT2D eigenvalue weighted by atomic mass is 35.5. The Labute approximate surface area is 216 Å². The Morgan fingerprint density at radius 2 is 1.72 bits per heavy atom. The lowest BCUT2D eigenvalue weighted by atomic mass is 9.77. The maximum Gasteiger partial charge on any atom is 0.258 e. The van der Waals surface area contributed by atoms with Crippen LogP contribution in [-0.2, 0) is 13.0 Å². The highest BCUT2D eigenvalue weighted by Gasteiger charge is 2.33. The zero-order valence-corrected chi connectivity index (χ0v) is 21.2. The summed E-state index contributed by atoms with van der Waals surface area (Å²) in [4.78, 5) is 13.2. The monoisotopic (exact) mass is 502 g/mol. The summed E-state index contributed by atoms with van der Waals surface area (Å²) in [6.45, 7) is 0.473. The second kappa shape index (κ2) is 10.4. The van der Waals surface area contributed by atoms with E-state index >= 15 is 0 Å². The number of methoxy groups -OCH3 is 1. The van der Waals surface area contributed by atoms with Crippen molar-refractivity contribution in [2.75, 3.05) is 7.11 Å². The van der Waals surface area contributed by atoms with Crippen molar-refractivity contribution in [3.63, 3.8) is 0 Å². The Bertz CT molecular complexity index is 1390. The van der Waals surface area contributed by atoms with E-state index < -0.39 is 0 Å². The smallest absolute Gasteiger partial charge is 0.258 e. The summed E-state index contributed by atoms with van der Waals surface area (Å²) in [7, 11) is 1.64. The molecule has 1 aromatic heterocycles. The molecule has 6 heteroatoms. The molecule has 1 saturated carbocycles. The zero-order chi connectivity index (χ0) is 25.1. The molecular formula is C30H31ClN2O3. The first-order valence-electron chi connectivity index (χ1n) is 12.4. The third-order valence-electron chi connectivity index (χ3n) is 7.16. The van der Waals surface area contributed by atoms with E-state index in [1.165, 1.54) is 5.56 Å². The number of hydrogen-bond donors (Lipinski definition) is 1. The topological polar surface area (TPSA) is 66.5 Å². The quantitative estimate of drug-likeness (QED) is 0.338. The minimum atomic E-state index is -0.205. The van der Waals surface area contributed by atoms with Crippen molar-refractivity contribution in [2.24, 2.45) is 5.73 Å². The van der Waals surface area contributed by atoms with Gasteiger partial charge in [0.25, 0.3) is 5.56 Å². The fourth-order valence-electron chi connectivity index (χ4n) is 5.07. The molecule has 1 aliphatic carbocycles. The van der Waals surface area contributed by atoms with Gasteiger partial charge >= 0.3 is 0 Å². The first-order chi connectivity index (χ1) is 17.4. The standard InChI is InChI=1S/C30H31ClN2O3/c1-35-24-9-7-22(8-10-24)20-33-16-13-23-17-28(27(31)18-26(23)29(33)34)36-25-11-14-30(32,15-12-25)19-21-5-3-2-4-6-21/h2-10,13,16-18,25H,11-12,14-15,19-20,32H2,1H3. The molecule has 0 radical (unpaired) electrons.